The highest BCUT2D eigenvalue weighted by atomic mass is 79.9. The molecule has 5 heteroatoms. The van der Waals surface area contributed by atoms with Gasteiger partial charge >= 0.3 is 5.97 Å². The van der Waals surface area contributed by atoms with Crippen LogP contribution in [0.5, 0.6) is 5.75 Å². The monoisotopic (exact) mass is 318 g/mol. The normalized spacial score (nSPS) is 11.3. The van der Waals surface area contributed by atoms with Gasteiger partial charge in [0.15, 0.2) is 0 Å². The summed E-state index contributed by atoms with van der Waals surface area (Å²) in [6.45, 7) is 3.72. The van der Waals surface area contributed by atoms with Gasteiger partial charge in [0.25, 0.3) is 0 Å². The Balaban J connectivity index is 2.38. The highest BCUT2D eigenvalue weighted by Gasteiger charge is 2.26. The molecule has 0 amide bonds. The first-order valence-corrected chi connectivity index (χ1v) is 6.43. The second-order valence-corrected chi connectivity index (χ2v) is 5.57. The number of halogens is 2. The standard InChI is InChI=1S/C13H16BrFO3/c1-13(2,12(16)17)6-3-7-18-9-4-5-10(14)11(15)8-9/h4-5,8H,3,6-7H2,1-2H3,(H,16,17). The SMILES string of the molecule is CC(C)(CCCOc1ccc(Br)c(F)c1)C(=O)O. The number of carboxylic acids is 1. The minimum absolute atomic E-state index is 0.373. The Kier molecular flexibility index (Phi) is 5.14. The van der Waals surface area contributed by atoms with E-state index in [1.54, 1.807) is 26.0 Å². The van der Waals surface area contributed by atoms with Crippen molar-refractivity contribution in [2.24, 2.45) is 5.41 Å². The minimum atomic E-state index is -0.822. The van der Waals surface area contributed by atoms with E-state index >= 15 is 0 Å². The summed E-state index contributed by atoms with van der Waals surface area (Å²) >= 11 is 3.06. The number of hydrogen-bond donors (Lipinski definition) is 1. The van der Waals surface area contributed by atoms with Gasteiger partial charge in [0.1, 0.15) is 11.6 Å². The smallest absolute Gasteiger partial charge is 0.309 e. The zero-order valence-corrected chi connectivity index (χ0v) is 12.0. The van der Waals surface area contributed by atoms with Gasteiger partial charge in [0.2, 0.25) is 0 Å². The number of carbonyl (C=O) groups is 1. The number of hydrogen-bond acceptors (Lipinski definition) is 2. The predicted molar refractivity (Wildman–Crippen MR) is 70.2 cm³/mol. The minimum Gasteiger partial charge on any atom is -0.493 e. The summed E-state index contributed by atoms with van der Waals surface area (Å²) < 4.78 is 18.9. The maximum atomic E-state index is 13.2. The van der Waals surface area contributed by atoms with Crippen molar-refractivity contribution in [3.8, 4) is 5.75 Å². The van der Waals surface area contributed by atoms with Gasteiger partial charge in [-0.3, -0.25) is 4.79 Å². The molecule has 0 saturated carbocycles. The molecular weight excluding hydrogens is 303 g/mol. The molecule has 0 aliphatic heterocycles. The average Bonchev–Trinajstić information content (AvgIpc) is 2.29. The fraction of sp³-hybridized carbons (Fsp3) is 0.462. The van der Waals surface area contributed by atoms with Gasteiger partial charge in [-0.25, -0.2) is 4.39 Å². The molecule has 1 aromatic carbocycles. The lowest BCUT2D eigenvalue weighted by Crippen LogP contribution is -2.24. The van der Waals surface area contributed by atoms with Crippen molar-refractivity contribution >= 4 is 21.9 Å². The van der Waals surface area contributed by atoms with E-state index in [0.717, 1.165) is 0 Å². The maximum absolute atomic E-state index is 13.2. The van der Waals surface area contributed by atoms with Crippen LogP contribution in [-0.2, 0) is 4.79 Å². The molecule has 0 bridgehead atoms. The van der Waals surface area contributed by atoms with Crippen LogP contribution in [-0.4, -0.2) is 17.7 Å². The summed E-state index contributed by atoms with van der Waals surface area (Å²) in [5.41, 5.74) is -0.756. The van der Waals surface area contributed by atoms with E-state index in [-0.39, 0.29) is 5.82 Å². The molecule has 0 heterocycles. The molecule has 0 aliphatic carbocycles. The highest BCUT2D eigenvalue weighted by Crippen LogP contribution is 2.24. The van der Waals surface area contributed by atoms with Gasteiger partial charge in [-0.05, 0) is 54.8 Å². The first-order valence-electron chi connectivity index (χ1n) is 5.64. The molecular formula is C13H16BrFO3. The number of aliphatic carboxylic acids is 1. The van der Waals surface area contributed by atoms with Crippen molar-refractivity contribution in [2.45, 2.75) is 26.7 Å². The lowest BCUT2D eigenvalue weighted by atomic mass is 9.88. The van der Waals surface area contributed by atoms with Crippen LogP contribution < -0.4 is 4.74 Å². The summed E-state index contributed by atoms with van der Waals surface area (Å²) in [4.78, 5) is 10.9. The largest absolute Gasteiger partial charge is 0.493 e. The molecule has 0 aromatic heterocycles. The second-order valence-electron chi connectivity index (χ2n) is 4.72. The maximum Gasteiger partial charge on any atom is 0.309 e. The highest BCUT2D eigenvalue weighted by molar-refractivity contribution is 9.10. The van der Waals surface area contributed by atoms with Crippen LogP contribution in [0.3, 0.4) is 0 Å². The summed E-state index contributed by atoms with van der Waals surface area (Å²) in [6, 6.07) is 4.54. The lowest BCUT2D eigenvalue weighted by molar-refractivity contribution is -0.147. The Morgan fingerprint density at radius 3 is 2.72 bits per heavy atom. The van der Waals surface area contributed by atoms with E-state index < -0.39 is 11.4 Å². The van der Waals surface area contributed by atoms with E-state index in [4.69, 9.17) is 9.84 Å². The van der Waals surface area contributed by atoms with Crippen molar-refractivity contribution < 1.29 is 19.0 Å². The van der Waals surface area contributed by atoms with E-state index in [1.165, 1.54) is 6.07 Å². The van der Waals surface area contributed by atoms with Crippen LogP contribution >= 0.6 is 15.9 Å². The van der Waals surface area contributed by atoms with Gasteiger partial charge in [-0.1, -0.05) is 0 Å². The molecule has 1 aromatic rings. The van der Waals surface area contributed by atoms with Crippen molar-refractivity contribution in [3.05, 3.63) is 28.5 Å². The molecule has 0 atom stereocenters. The number of carboxylic acid groups (broad SMARTS) is 1. The molecule has 0 radical (unpaired) electrons. The fourth-order valence-corrected chi connectivity index (χ4v) is 1.62. The zero-order chi connectivity index (χ0) is 13.8. The van der Waals surface area contributed by atoms with Crippen molar-refractivity contribution in [2.75, 3.05) is 6.61 Å². The fourth-order valence-electron chi connectivity index (χ4n) is 1.38. The molecule has 0 aliphatic rings. The molecule has 0 unspecified atom stereocenters. The Morgan fingerprint density at radius 2 is 2.17 bits per heavy atom. The first-order chi connectivity index (χ1) is 8.33. The third kappa shape index (κ3) is 4.29. The van der Waals surface area contributed by atoms with Crippen LogP contribution in [0.25, 0.3) is 0 Å². The van der Waals surface area contributed by atoms with Gasteiger partial charge < -0.3 is 9.84 Å². The van der Waals surface area contributed by atoms with Crippen molar-refractivity contribution in [3.63, 3.8) is 0 Å². The molecule has 1 N–H and O–H groups in total. The second kappa shape index (κ2) is 6.18. The Morgan fingerprint density at radius 1 is 1.50 bits per heavy atom. The van der Waals surface area contributed by atoms with Gasteiger partial charge in [-0.15, -0.1) is 0 Å². The van der Waals surface area contributed by atoms with E-state index in [9.17, 15) is 9.18 Å². The number of benzene rings is 1. The molecule has 0 spiro atoms. The van der Waals surface area contributed by atoms with Crippen LogP contribution in [0.15, 0.2) is 22.7 Å². The summed E-state index contributed by atoms with van der Waals surface area (Å²) in [6.07, 6.45) is 1.12. The van der Waals surface area contributed by atoms with Gasteiger partial charge in [0, 0.05) is 6.07 Å². The quantitative estimate of drug-likeness (QED) is 0.810. The average molecular weight is 319 g/mol. The molecule has 100 valence electrons. The topological polar surface area (TPSA) is 46.5 Å². The summed E-state index contributed by atoms with van der Waals surface area (Å²) in [5.74, 6) is -0.751. The Labute approximate surface area is 114 Å². The van der Waals surface area contributed by atoms with Gasteiger partial charge in [0.05, 0.1) is 16.5 Å². The first kappa shape index (κ1) is 15.0. The van der Waals surface area contributed by atoms with E-state index in [1.807, 2.05) is 0 Å². The lowest BCUT2D eigenvalue weighted by Gasteiger charge is -2.18. The van der Waals surface area contributed by atoms with E-state index in [0.29, 0.717) is 29.7 Å². The third-order valence-corrected chi connectivity index (χ3v) is 3.33. The summed E-state index contributed by atoms with van der Waals surface area (Å²) in [7, 11) is 0. The summed E-state index contributed by atoms with van der Waals surface area (Å²) in [5, 5.41) is 8.93. The molecule has 3 nitrogen and oxygen atoms in total. The molecule has 0 saturated heterocycles. The molecule has 18 heavy (non-hydrogen) atoms. The van der Waals surface area contributed by atoms with Crippen LogP contribution in [0, 0.1) is 11.2 Å². The van der Waals surface area contributed by atoms with Gasteiger partial charge in [-0.2, -0.15) is 0 Å². The predicted octanol–water partition coefficient (Wildman–Crippen LogP) is 3.86. The number of rotatable bonds is 6. The van der Waals surface area contributed by atoms with Crippen molar-refractivity contribution in [1.29, 1.82) is 0 Å². The number of ether oxygens (including phenoxy) is 1. The van der Waals surface area contributed by atoms with Crippen LogP contribution in [0.4, 0.5) is 4.39 Å². The molecule has 1 rings (SSSR count). The van der Waals surface area contributed by atoms with Crippen molar-refractivity contribution in [1.82, 2.24) is 0 Å². The van der Waals surface area contributed by atoms with Crippen LogP contribution in [0.1, 0.15) is 26.7 Å². The Bertz CT molecular complexity index is 432. The van der Waals surface area contributed by atoms with E-state index in [2.05, 4.69) is 15.9 Å². The van der Waals surface area contributed by atoms with Crippen LogP contribution in [0.2, 0.25) is 0 Å². The third-order valence-electron chi connectivity index (χ3n) is 2.68. The molecule has 0 fully saturated rings. The Hall–Kier alpha value is -1.10. The zero-order valence-electron chi connectivity index (χ0n) is 10.4.